The fourth-order valence-electron chi connectivity index (χ4n) is 10.2. The third kappa shape index (κ3) is 11.8. The molecule has 0 bridgehead atoms. The van der Waals surface area contributed by atoms with Crippen molar-refractivity contribution in [2.45, 2.75) is 126 Å². The predicted octanol–water partition coefficient (Wildman–Crippen LogP) is 3.54. The Kier molecular flexibility index (Phi) is 17.2. The van der Waals surface area contributed by atoms with Crippen LogP contribution in [0.2, 0.25) is 0 Å². The molecule has 348 valence electrons. The molecule has 64 heavy (non-hydrogen) atoms. The van der Waals surface area contributed by atoms with E-state index >= 15 is 0 Å². The minimum Gasteiger partial charge on any atom is -0.478 e. The minimum absolute atomic E-state index is 0.0207. The second kappa shape index (κ2) is 22.5. The predicted molar refractivity (Wildman–Crippen MR) is 240 cm³/mol. The largest absolute Gasteiger partial charge is 0.478 e. The van der Waals surface area contributed by atoms with E-state index in [0.29, 0.717) is 12.2 Å². The lowest BCUT2D eigenvalue weighted by Crippen LogP contribution is -2.56. The Morgan fingerprint density at radius 2 is 1.66 bits per heavy atom. The molecule has 1 saturated carbocycles. The summed E-state index contributed by atoms with van der Waals surface area (Å²) in [5.41, 5.74) is 2.81. The van der Waals surface area contributed by atoms with Crippen molar-refractivity contribution in [2.24, 2.45) is 17.3 Å². The van der Waals surface area contributed by atoms with E-state index in [0.717, 1.165) is 93.8 Å². The lowest BCUT2D eigenvalue weighted by Gasteiger charge is -2.41. The number of aliphatic hydroxyl groups excluding tert-OH is 1. The van der Waals surface area contributed by atoms with Gasteiger partial charge in [0.25, 0.3) is 0 Å². The molecule has 1 aromatic carbocycles. The van der Waals surface area contributed by atoms with Crippen molar-refractivity contribution >= 4 is 41.5 Å². The fraction of sp³-hybridized carbons (Fsp3) is 0.574. The van der Waals surface area contributed by atoms with Crippen LogP contribution in [0.5, 0.6) is 0 Å². The summed E-state index contributed by atoms with van der Waals surface area (Å²) in [4.78, 5) is 69.9. The number of aromatic nitrogens is 1. The van der Waals surface area contributed by atoms with Gasteiger partial charge < -0.3 is 46.4 Å². The van der Waals surface area contributed by atoms with Crippen LogP contribution in [-0.4, -0.2) is 111 Å². The molecule has 2 amide bonds. The number of carbonyl (C=O) groups excluding carboxylic acids is 3. The van der Waals surface area contributed by atoms with Gasteiger partial charge in [-0.25, -0.2) is 9.59 Å². The Hall–Kier alpha value is -4.65. The molecule has 6 rings (SSSR count). The van der Waals surface area contributed by atoms with Crippen LogP contribution >= 0.6 is 11.8 Å². The lowest BCUT2D eigenvalue weighted by atomic mass is 9.66. The van der Waals surface area contributed by atoms with E-state index < -0.39 is 65.8 Å². The number of carboxylic acid groups (broad SMARTS) is 2. The zero-order chi connectivity index (χ0) is 45.9. The number of benzene rings is 1. The summed E-state index contributed by atoms with van der Waals surface area (Å²) in [6, 6.07) is 12.8. The molecule has 1 aliphatic heterocycles. The van der Waals surface area contributed by atoms with Crippen LogP contribution in [-0.2, 0) is 41.6 Å². The van der Waals surface area contributed by atoms with Crippen molar-refractivity contribution in [3.63, 3.8) is 0 Å². The second-order valence-electron chi connectivity index (χ2n) is 17.7. The number of aryl methyl sites for hydroxylation is 1. The van der Waals surface area contributed by atoms with Gasteiger partial charge in [0.2, 0.25) is 23.8 Å². The molecule has 0 unspecified atom stereocenters. The highest BCUT2D eigenvalue weighted by molar-refractivity contribution is 8.00. The maximum atomic E-state index is 14.8. The number of ether oxygens (including phenoxy) is 1. The van der Waals surface area contributed by atoms with E-state index in [4.69, 9.17) is 4.74 Å². The zero-order valence-corrected chi connectivity index (χ0v) is 37.6. The van der Waals surface area contributed by atoms with Crippen molar-refractivity contribution in [1.82, 2.24) is 31.6 Å². The Morgan fingerprint density at radius 3 is 2.31 bits per heavy atom. The first-order valence-corrected chi connectivity index (χ1v) is 23.6. The monoisotopic (exact) mass is 904 g/mol. The highest BCUT2D eigenvalue weighted by Gasteiger charge is 2.54. The number of pyridine rings is 1. The van der Waals surface area contributed by atoms with Crippen molar-refractivity contribution in [1.29, 1.82) is 0 Å². The molecule has 2 heterocycles. The standard InChI is InChI=1S/C47H64N6O10S/c1-48-28-51-47(62,45(60)61)22-16-35(54)52-34(41(55)53-42(56)43(57)58)27-64-40-39-37-31(13-7-4-8-19-46(40)20-9-10-21-46)26-32(25-30-17-23-50-24-18-30)36(38(37)44(59)63-39)33(49-2)15-14-29-11-5-3-6-12-29/h3,5-6,11-12,17-18,23-24,31,33-34,38,40,42,48-49,51,56,62H,4,7-10,13-16,19-22,25-28H2,1-2H3,(H,52,54)(H,53,55)(H,57,58)(H,60,61)/t31-,33-,34-,38+,40-,42-,47+/m0/s1. The van der Waals surface area contributed by atoms with Crippen LogP contribution in [0, 0.1) is 17.3 Å². The summed E-state index contributed by atoms with van der Waals surface area (Å²) in [5.74, 6) is -5.40. The van der Waals surface area contributed by atoms with E-state index in [1.165, 1.54) is 22.9 Å². The molecular weight excluding hydrogens is 841 g/mol. The molecule has 2 aromatic rings. The van der Waals surface area contributed by atoms with Gasteiger partial charge in [0.15, 0.2) is 0 Å². The van der Waals surface area contributed by atoms with E-state index in [1.54, 1.807) is 19.4 Å². The maximum Gasteiger partial charge on any atom is 0.353 e. The van der Waals surface area contributed by atoms with Gasteiger partial charge in [0, 0.05) is 43.7 Å². The van der Waals surface area contributed by atoms with Gasteiger partial charge in [0.1, 0.15) is 17.7 Å². The molecule has 4 aliphatic rings. The summed E-state index contributed by atoms with van der Waals surface area (Å²) in [5, 5.41) is 53.0. The fourth-order valence-corrected chi connectivity index (χ4v) is 11.9. The number of carboxylic acids is 2. The summed E-state index contributed by atoms with van der Waals surface area (Å²) < 4.78 is 6.64. The number of thioether (sulfide) groups is 1. The minimum atomic E-state index is -2.45. The third-order valence-electron chi connectivity index (χ3n) is 13.5. The first-order valence-electron chi connectivity index (χ1n) is 22.5. The number of nitrogens with zero attached hydrogens (tertiary/aromatic N) is 1. The van der Waals surface area contributed by atoms with Gasteiger partial charge in [-0.05, 0) is 111 Å². The quantitative estimate of drug-likeness (QED) is 0.0494. The van der Waals surface area contributed by atoms with Crippen molar-refractivity contribution in [2.75, 3.05) is 26.5 Å². The third-order valence-corrected chi connectivity index (χ3v) is 15.1. The van der Waals surface area contributed by atoms with Gasteiger partial charge >= 0.3 is 17.9 Å². The first-order chi connectivity index (χ1) is 30.8. The molecule has 0 radical (unpaired) electrons. The van der Waals surface area contributed by atoms with Crippen LogP contribution < -0.4 is 26.6 Å². The molecule has 1 fully saturated rings. The summed E-state index contributed by atoms with van der Waals surface area (Å²) in [6.45, 7) is -0.0704. The van der Waals surface area contributed by atoms with E-state index in [9.17, 15) is 44.4 Å². The SMILES string of the molecule is CNCN[C@@](O)(CCC(=O)N[C@@H](CS[C@H]1C2=C3[C@@H](CCCCCC14CCCC4)CC(Cc1ccncc1)=C([C@H](CCc1ccccc1)NC)[C@H]3C(=O)O2)C(=O)N[C@@H](O)C(=O)O)C(=O)O. The molecule has 9 N–H and O–H groups in total. The molecule has 1 aromatic heterocycles. The van der Waals surface area contributed by atoms with E-state index in [-0.39, 0.29) is 35.8 Å². The number of aliphatic hydroxyl groups is 2. The van der Waals surface area contributed by atoms with E-state index in [1.807, 2.05) is 37.4 Å². The Labute approximate surface area is 378 Å². The van der Waals surface area contributed by atoms with Crippen LogP contribution in [0.3, 0.4) is 0 Å². The highest BCUT2D eigenvalue weighted by atomic mass is 32.2. The van der Waals surface area contributed by atoms with Crippen LogP contribution in [0.25, 0.3) is 0 Å². The number of hydrogen-bond donors (Lipinski definition) is 9. The number of aliphatic carboxylic acids is 2. The normalized spacial score (nSPS) is 23.1. The second-order valence-corrected chi connectivity index (χ2v) is 18.8. The average Bonchev–Trinajstić information content (AvgIpc) is 3.90. The van der Waals surface area contributed by atoms with Gasteiger partial charge in [-0.1, -0.05) is 68.0 Å². The van der Waals surface area contributed by atoms with Gasteiger partial charge in [-0.3, -0.25) is 24.7 Å². The number of rotatable bonds is 21. The molecular formula is C47H64N6O10S. The maximum absolute atomic E-state index is 14.8. The smallest absolute Gasteiger partial charge is 0.353 e. The number of nitrogens with one attached hydrogen (secondary N) is 5. The summed E-state index contributed by atoms with van der Waals surface area (Å²) in [6.07, 6.45) is 11.7. The molecule has 17 heteroatoms. The van der Waals surface area contributed by atoms with Gasteiger partial charge in [-0.15, -0.1) is 11.8 Å². The van der Waals surface area contributed by atoms with E-state index in [2.05, 4.69) is 43.7 Å². The Morgan fingerprint density at radius 1 is 0.953 bits per heavy atom. The Bertz CT molecular complexity index is 2030. The molecule has 0 saturated heterocycles. The first kappa shape index (κ1) is 48.8. The van der Waals surface area contributed by atoms with Crippen molar-refractivity contribution < 1.29 is 49.1 Å². The molecule has 3 aliphatic carbocycles. The number of carbonyl (C=O) groups is 5. The molecule has 1 spiro atoms. The number of likely N-dealkylation sites (N-methyl/N-ethyl adjacent to an activating group) is 1. The van der Waals surface area contributed by atoms with Gasteiger partial charge in [-0.2, -0.15) is 0 Å². The van der Waals surface area contributed by atoms with Crippen molar-refractivity contribution in [3.05, 3.63) is 88.5 Å². The van der Waals surface area contributed by atoms with Crippen LogP contribution in [0.4, 0.5) is 0 Å². The molecule has 7 atom stereocenters. The number of amides is 2. The molecule has 16 nitrogen and oxygen atoms in total. The van der Waals surface area contributed by atoms with Crippen molar-refractivity contribution in [3.8, 4) is 0 Å². The van der Waals surface area contributed by atoms with Crippen LogP contribution in [0.15, 0.2) is 77.3 Å². The zero-order valence-electron chi connectivity index (χ0n) is 36.8. The highest BCUT2D eigenvalue weighted by Crippen LogP contribution is 2.58. The number of esters is 1. The Balaban J connectivity index is 1.39. The van der Waals surface area contributed by atoms with Gasteiger partial charge in [0.05, 0.1) is 5.25 Å². The van der Waals surface area contributed by atoms with Crippen LogP contribution in [0.1, 0.15) is 94.6 Å². The number of allylic oxidation sites excluding steroid dienone is 1. The summed E-state index contributed by atoms with van der Waals surface area (Å²) >= 11 is 1.39. The topological polar surface area (TPSA) is 249 Å². The summed E-state index contributed by atoms with van der Waals surface area (Å²) in [7, 11) is 3.49. The lowest BCUT2D eigenvalue weighted by molar-refractivity contribution is -0.164. The average molecular weight is 905 g/mol. The number of hydrogen-bond acceptors (Lipinski definition) is 13.